The quantitative estimate of drug-likeness (QED) is 0.614. The number of esters is 1. The summed E-state index contributed by atoms with van der Waals surface area (Å²) in [6.45, 7) is 6.32. The Morgan fingerprint density at radius 2 is 2.14 bits per heavy atom. The maximum Gasteiger partial charge on any atom is 0.379 e. The molecule has 0 aliphatic carbocycles. The van der Waals surface area contributed by atoms with Crippen LogP contribution >= 0.6 is 0 Å². The van der Waals surface area contributed by atoms with E-state index in [2.05, 4.69) is 20.8 Å². The van der Waals surface area contributed by atoms with Crippen LogP contribution in [-0.2, 0) is 0 Å². The van der Waals surface area contributed by atoms with E-state index in [0.717, 1.165) is 17.7 Å². The fourth-order valence-electron chi connectivity index (χ4n) is 2.81. The molecule has 0 spiro atoms. The first kappa shape index (κ1) is 13.7. The molecule has 0 fully saturated rings. The first-order valence-electron chi connectivity index (χ1n) is 7.03. The molecule has 0 N–H and O–H groups in total. The average Bonchev–Trinajstić information content (AvgIpc) is 2.92. The summed E-state index contributed by atoms with van der Waals surface area (Å²) in [6, 6.07) is 8.71. The van der Waals surface area contributed by atoms with Crippen molar-refractivity contribution in [3.8, 4) is 11.5 Å². The van der Waals surface area contributed by atoms with Gasteiger partial charge in [0.15, 0.2) is 0 Å². The Bertz CT molecular complexity index is 655. The number of hydrogen-bond donors (Lipinski definition) is 0. The number of furan rings is 1. The van der Waals surface area contributed by atoms with Gasteiger partial charge in [-0.2, -0.15) is 0 Å². The lowest BCUT2D eigenvalue weighted by Crippen LogP contribution is -2.34. The molecule has 21 heavy (non-hydrogen) atoms. The van der Waals surface area contributed by atoms with E-state index < -0.39 is 5.97 Å². The zero-order valence-corrected chi connectivity index (χ0v) is 12.4. The monoisotopic (exact) mass is 286 g/mol. The first-order valence-corrected chi connectivity index (χ1v) is 7.03. The van der Waals surface area contributed by atoms with Gasteiger partial charge in [0.1, 0.15) is 17.1 Å². The Labute approximate surface area is 123 Å². The number of carbonyl (C=O) groups is 1. The number of ether oxygens (including phenoxy) is 2. The fraction of sp³-hybridized carbons (Fsp3) is 0.353. The third-order valence-corrected chi connectivity index (χ3v) is 3.63. The molecular weight excluding hydrogens is 268 g/mol. The topological polar surface area (TPSA) is 48.7 Å². The second-order valence-corrected chi connectivity index (χ2v) is 6.03. The van der Waals surface area contributed by atoms with Crippen molar-refractivity contribution >= 4 is 5.97 Å². The SMILES string of the molecule is CC1CC(C)(C)Oc2ccc(OC(=O)c3ccco3)cc21. The summed E-state index contributed by atoms with van der Waals surface area (Å²) in [5.41, 5.74) is 0.901. The minimum atomic E-state index is -0.496. The van der Waals surface area contributed by atoms with Crippen molar-refractivity contribution < 1.29 is 18.7 Å². The highest BCUT2D eigenvalue weighted by atomic mass is 16.5. The van der Waals surface area contributed by atoms with Crippen LogP contribution in [0.25, 0.3) is 0 Å². The number of fused-ring (bicyclic) bond motifs is 1. The third kappa shape index (κ3) is 2.79. The molecule has 0 amide bonds. The van der Waals surface area contributed by atoms with Crippen molar-refractivity contribution in [1.29, 1.82) is 0 Å². The van der Waals surface area contributed by atoms with Crippen molar-refractivity contribution in [3.05, 3.63) is 47.9 Å². The van der Waals surface area contributed by atoms with Gasteiger partial charge >= 0.3 is 5.97 Å². The highest BCUT2D eigenvalue weighted by Gasteiger charge is 2.31. The lowest BCUT2D eigenvalue weighted by Gasteiger charge is -2.36. The maximum absolute atomic E-state index is 11.9. The van der Waals surface area contributed by atoms with Gasteiger partial charge in [0.05, 0.1) is 6.26 Å². The molecule has 4 heteroatoms. The molecular formula is C17H18O4. The van der Waals surface area contributed by atoms with E-state index in [4.69, 9.17) is 13.9 Å². The maximum atomic E-state index is 11.9. The van der Waals surface area contributed by atoms with Crippen LogP contribution in [0.1, 0.15) is 49.2 Å². The fourth-order valence-corrected chi connectivity index (χ4v) is 2.81. The zero-order valence-electron chi connectivity index (χ0n) is 12.4. The van der Waals surface area contributed by atoms with Crippen LogP contribution in [-0.4, -0.2) is 11.6 Å². The van der Waals surface area contributed by atoms with E-state index in [1.165, 1.54) is 6.26 Å². The molecule has 1 unspecified atom stereocenters. The third-order valence-electron chi connectivity index (χ3n) is 3.63. The molecule has 1 aromatic carbocycles. The van der Waals surface area contributed by atoms with E-state index >= 15 is 0 Å². The summed E-state index contributed by atoms with van der Waals surface area (Å²) in [5.74, 6) is 1.41. The number of carbonyl (C=O) groups excluding carboxylic acids is 1. The second kappa shape index (κ2) is 4.95. The Kier molecular flexibility index (Phi) is 3.24. The van der Waals surface area contributed by atoms with Gasteiger partial charge in [-0.25, -0.2) is 4.79 Å². The van der Waals surface area contributed by atoms with Crippen LogP contribution in [0.3, 0.4) is 0 Å². The predicted octanol–water partition coefficient (Wildman–Crippen LogP) is 4.16. The summed E-state index contributed by atoms with van der Waals surface area (Å²) < 4.78 is 16.3. The molecule has 2 aromatic rings. The van der Waals surface area contributed by atoms with Crippen LogP contribution in [0.2, 0.25) is 0 Å². The summed E-state index contributed by atoms with van der Waals surface area (Å²) in [6.07, 6.45) is 2.37. The molecule has 0 bridgehead atoms. The lowest BCUT2D eigenvalue weighted by molar-refractivity contribution is 0.0685. The number of rotatable bonds is 2. The molecule has 1 aliphatic rings. The van der Waals surface area contributed by atoms with E-state index in [0.29, 0.717) is 11.7 Å². The van der Waals surface area contributed by atoms with E-state index in [1.807, 2.05) is 12.1 Å². The molecule has 0 saturated carbocycles. The number of benzene rings is 1. The molecule has 2 heterocycles. The molecule has 3 rings (SSSR count). The van der Waals surface area contributed by atoms with Gasteiger partial charge in [-0.15, -0.1) is 0 Å². The lowest BCUT2D eigenvalue weighted by atomic mass is 9.86. The summed E-state index contributed by atoms with van der Waals surface area (Å²) >= 11 is 0. The van der Waals surface area contributed by atoms with Gasteiger partial charge < -0.3 is 13.9 Å². The molecule has 1 aromatic heterocycles. The standard InChI is InChI=1S/C17H18O4/c1-11-10-17(2,3)21-14-7-6-12(9-13(11)14)20-16(18)15-5-4-8-19-15/h4-9,11H,10H2,1-3H3. The Morgan fingerprint density at radius 1 is 1.33 bits per heavy atom. The van der Waals surface area contributed by atoms with Gasteiger partial charge in [0, 0.05) is 5.56 Å². The van der Waals surface area contributed by atoms with E-state index in [1.54, 1.807) is 18.2 Å². The largest absolute Gasteiger partial charge is 0.488 e. The summed E-state index contributed by atoms with van der Waals surface area (Å²) in [5, 5.41) is 0. The minimum absolute atomic E-state index is 0.168. The summed E-state index contributed by atoms with van der Waals surface area (Å²) in [7, 11) is 0. The van der Waals surface area contributed by atoms with Gasteiger partial charge in [-0.05, 0) is 56.5 Å². The number of hydrogen-bond acceptors (Lipinski definition) is 4. The molecule has 110 valence electrons. The Hall–Kier alpha value is -2.23. The van der Waals surface area contributed by atoms with Crippen molar-refractivity contribution in [1.82, 2.24) is 0 Å². The van der Waals surface area contributed by atoms with Gasteiger partial charge in [-0.3, -0.25) is 0 Å². The van der Waals surface area contributed by atoms with Crippen LogP contribution in [0.5, 0.6) is 11.5 Å². The highest BCUT2D eigenvalue weighted by molar-refractivity contribution is 5.88. The minimum Gasteiger partial charge on any atom is -0.488 e. The van der Waals surface area contributed by atoms with Gasteiger partial charge in [0.2, 0.25) is 5.76 Å². The highest BCUT2D eigenvalue weighted by Crippen LogP contribution is 2.42. The zero-order chi connectivity index (χ0) is 15.0. The van der Waals surface area contributed by atoms with Crippen LogP contribution in [0.4, 0.5) is 0 Å². The van der Waals surface area contributed by atoms with Crippen molar-refractivity contribution in [2.45, 2.75) is 38.7 Å². The van der Waals surface area contributed by atoms with E-state index in [9.17, 15) is 4.79 Å². The van der Waals surface area contributed by atoms with E-state index in [-0.39, 0.29) is 11.4 Å². The van der Waals surface area contributed by atoms with Gasteiger partial charge in [0.25, 0.3) is 0 Å². The molecule has 0 saturated heterocycles. The smallest absolute Gasteiger partial charge is 0.379 e. The van der Waals surface area contributed by atoms with Crippen LogP contribution < -0.4 is 9.47 Å². The Balaban J connectivity index is 1.83. The molecule has 4 nitrogen and oxygen atoms in total. The van der Waals surface area contributed by atoms with Crippen molar-refractivity contribution in [2.24, 2.45) is 0 Å². The van der Waals surface area contributed by atoms with Crippen LogP contribution in [0, 0.1) is 0 Å². The van der Waals surface area contributed by atoms with Crippen molar-refractivity contribution in [2.75, 3.05) is 0 Å². The molecule has 1 aliphatic heterocycles. The molecule has 1 atom stereocenters. The average molecular weight is 286 g/mol. The van der Waals surface area contributed by atoms with Crippen molar-refractivity contribution in [3.63, 3.8) is 0 Å². The Morgan fingerprint density at radius 3 is 2.86 bits per heavy atom. The van der Waals surface area contributed by atoms with Crippen LogP contribution in [0.15, 0.2) is 41.0 Å². The van der Waals surface area contributed by atoms with Gasteiger partial charge in [-0.1, -0.05) is 6.92 Å². The molecule has 0 radical (unpaired) electrons. The first-order chi connectivity index (χ1) is 9.94. The summed E-state index contributed by atoms with van der Waals surface area (Å²) in [4.78, 5) is 11.9. The normalized spacial score (nSPS) is 19.5. The second-order valence-electron chi connectivity index (χ2n) is 6.03. The predicted molar refractivity (Wildman–Crippen MR) is 77.8 cm³/mol.